The van der Waals surface area contributed by atoms with Crippen LogP contribution < -0.4 is 10.5 Å². The highest BCUT2D eigenvalue weighted by Gasteiger charge is 2.15. The molecule has 3 rings (SSSR count). The molecule has 7 nitrogen and oxygen atoms in total. The third kappa shape index (κ3) is 5.21. The van der Waals surface area contributed by atoms with Crippen LogP contribution in [-0.2, 0) is 34.3 Å². The number of imidazole rings is 1. The van der Waals surface area contributed by atoms with Crippen LogP contribution in [0.3, 0.4) is 0 Å². The Bertz CT molecular complexity index is 1120. The third-order valence-electron chi connectivity index (χ3n) is 4.76. The van der Waals surface area contributed by atoms with E-state index in [9.17, 15) is 13.2 Å². The minimum atomic E-state index is -3.79. The Labute approximate surface area is 171 Å². The van der Waals surface area contributed by atoms with Crippen molar-refractivity contribution in [2.75, 3.05) is 0 Å². The number of nitrogens with one attached hydrogen (secondary N) is 1. The van der Waals surface area contributed by atoms with E-state index in [-0.39, 0.29) is 10.8 Å². The zero-order chi connectivity index (χ0) is 21.0. The molecule has 0 radical (unpaired) electrons. The molecular weight excluding hydrogens is 388 g/mol. The molecule has 0 unspecified atom stereocenters. The maximum atomic E-state index is 12.3. The molecule has 0 aliphatic rings. The zero-order valence-corrected chi connectivity index (χ0v) is 17.5. The largest absolute Gasteiger partial charge is 0.352 e. The molecule has 0 aliphatic carbocycles. The Morgan fingerprint density at radius 3 is 2.55 bits per heavy atom. The Kier molecular flexibility index (Phi) is 6.34. The maximum Gasteiger partial charge on any atom is 0.238 e. The highest BCUT2D eigenvalue weighted by molar-refractivity contribution is 7.89. The van der Waals surface area contributed by atoms with E-state index in [1.165, 1.54) is 17.7 Å². The standard InChI is InChI=1S/C21H26N4O3S/c1-3-12-25-19-9-8-17(29(22,27)28)13-18(19)24-20(25)10-11-21(26)23-14-16-6-4-15(2)5-7-16/h4-9,13H,3,10-12,14H2,1-2H3,(H,23,26)(H2,22,27,28). The molecule has 0 saturated heterocycles. The summed E-state index contributed by atoms with van der Waals surface area (Å²) in [6.07, 6.45) is 1.68. The molecular formula is C21H26N4O3S. The van der Waals surface area contributed by atoms with E-state index >= 15 is 0 Å². The van der Waals surface area contributed by atoms with Gasteiger partial charge in [0.2, 0.25) is 15.9 Å². The first-order valence-electron chi connectivity index (χ1n) is 9.62. The van der Waals surface area contributed by atoms with Gasteiger partial charge in [0.1, 0.15) is 5.82 Å². The molecule has 8 heteroatoms. The topological polar surface area (TPSA) is 107 Å². The van der Waals surface area contributed by atoms with Gasteiger partial charge in [-0.05, 0) is 37.1 Å². The predicted molar refractivity (Wildman–Crippen MR) is 113 cm³/mol. The molecule has 0 atom stereocenters. The van der Waals surface area contributed by atoms with Gasteiger partial charge in [0.05, 0.1) is 15.9 Å². The maximum absolute atomic E-state index is 12.3. The Morgan fingerprint density at radius 1 is 1.17 bits per heavy atom. The van der Waals surface area contributed by atoms with Gasteiger partial charge in [0.25, 0.3) is 0 Å². The van der Waals surface area contributed by atoms with Gasteiger partial charge in [-0.1, -0.05) is 36.8 Å². The van der Waals surface area contributed by atoms with Gasteiger partial charge in [-0.3, -0.25) is 4.79 Å². The minimum Gasteiger partial charge on any atom is -0.352 e. The van der Waals surface area contributed by atoms with Crippen LogP contribution in [0, 0.1) is 6.92 Å². The van der Waals surface area contributed by atoms with Crippen LogP contribution in [0.1, 0.15) is 36.7 Å². The van der Waals surface area contributed by atoms with Crippen molar-refractivity contribution in [1.82, 2.24) is 14.9 Å². The lowest BCUT2D eigenvalue weighted by molar-refractivity contribution is -0.121. The van der Waals surface area contributed by atoms with Crippen molar-refractivity contribution in [3.8, 4) is 0 Å². The lowest BCUT2D eigenvalue weighted by Gasteiger charge is -2.09. The SMILES string of the molecule is CCCn1c(CCC(=O)NCc2ccc(C)cc2)nc2cc(S(N)(=O)=O)ccc21. The molecule has 0 spiro atoms. The van der Waals surface area contributed by atoms with Gasteiger partial charge in [-0.15, -0.1) is 0 Å². The number of primary sulfonamides is 1. The number of carbonyl (C=O) groups excluding carboxylic acids is 1. The first-order valence-corrected chi connectivity index (χ1v) is 11.2. The van der Waals surface area contributed by atoms with Crippen LogP contribution in [0.4, 0.5) is 0 Å². The number of benzene rings is 2. The fraction of sp³-hybridized carbons (Fsp3) is 0.333. The Balaban J connectivity index is 1.71. The van der Waals surface area contributed by atoms with Gasteiger partial charge in [0, 0.05) is 25.9 Å². The summed E-state index contributed by atoms with van der Waals surface area (Å²) < 4.78 is 25.3. The summed E-state index contributed by atoms with van der Waals surface area (Å²) >= 11 is 0. The number of nitrogens with two attached hydrogens (primary N) is 1. The van der Waals surface area contributed by atoms with E-state index in [4.69, 9.17) is 5.14 Å². The molecule has 154 valence electrons. The second kappa shape index (κ2) is 8.75. The Morgan fingerprint density at radius 2 is 1.90 bits per heavy atom. The third-order valence-corrected chi connectivity index (χ3v) is 5.67. The Hall–Kier alpha value is -2.71. The van der Waals surface area contributed by atoms with Crippen molar-refractivity contribution < 1.29 is 13.2 Å². The number of nitrogens with zero attached hydrogens (tertiary/aromatic N) is 2. The monoisotopic (exact) mass is 414 g/mol. The molecule has 3 N–H and O–H groups in total. The summed E-state index contributed by atoms with van der Waals surface area (Å²) in [5.74, 6) is 0.713. The van der Waals surface area contributed by atoms with Gasteiger partial charge < -0.3 is 9.88 Å². The molecule has 2 aromatic carbocycles. The van der Waals surface area contributed by atoms with Crippen molar-refractivity contribution in [2.45, 2.75) is 51.1 Å². The number of amides is 1. The number of sulfonamides is 1. The minimum absolute atomic E-state index is 0.0357. The summed E-state index contributed by atoms with van der Waals surface area (Å²) in [5, 5.41) is 8.16. The average molecular weight is 415 g/mol. The fourth-order valence-corrected chi connectivity index (χ4v) is 3.75. The summed E-state index contributed by atoms with van der Waals surface area (Å²) in [5.41, 5.74) is 3.65. The van der Waals surface area contributed by atoms with Crippen molar-refractivity contribution in [3.63, 3.8) is 0 Å². The van der Waals surface area contributed by atoms with E-state index in [1.54, 1.807) is 6.07 Å². The van der Waals surface area contributed by atoms with Crippen molar-refractivity contribution in [3.05, 3.63) is 59.4 Å². The summed E-state index contributed by atoms with van der Waals surface area (Å²) in [6, 6.07) is 12.7. The molecule has 3 aromatic rings. The molecule has 1 aromatic heterocycles. The predicted octanol–water partition coefficient (Wildman–Crippen LogP) is 2.65. The second-order valence-electron chi connectivity index (χ2n) is 7.14. The number of fused-ring (bicyclic) bond motifs is 1. The van der Waals surface area contributed by atoms with Gasteiger partial charge in [0.15, 0.2) is 0 Å². The summed E-state index contributed by atoms with van der Waals surface area (Å²) in [7, 11) is -3.79. The quantitative estimate of drug-likeness (QED) is 0.591. The van der Waals surface area contributed by atoms with Crippen LogP contribution in [0.2, 0.25) is 0 Å². The van der Waals surface area contributed by atoms with E-state index in [0.717, 1.165) is 29.9 Å². The number of aryl methyl sites for hydroxylation is 3. The van der Waals surface area contributed by atoms with Crippen LogP contribution in [0.15, 0.2) is 47.4 Å². The lowest BCUT2D eigenvalue weighted by atomic mass is 10.1. The van der Waals surface area contributed by atoms with E-state index < -0.39 is 10.0 Å². The molecule has 0 saturated carbocycles. The van der Waals surface area contributed by atoms with Crippen LogP contribution in [0.25, 0.3) is 11.0 Å². The number of rotatable bonds is 8. The summed E-state index contributed by atoms with van der Waals surface area (Å²) in [6.45, 7) is 5.31. The molecule has 0 fully saturated rings. The molecule has 0 aliphatic heterocycles. The van der Waals surface area contributed by atoms with Crippen molar-refractivity contribution >= 4 is 27.0 Å². The smallest absolute Gasteiger partial charge is 0.238 e. The van der Waals surface area contributed by atoms with E-state index in [2.05, 4.69) is 17.2 Å². The number of hydrogen-bond acceptors (Lipinski definition) is 4. The number of hydrogen-bond donors (Lipinski definition) is 2. The highest BCUT2D eigenvalue weighted by Crippen LogP contribution is 2.21. The van der Waals surface area contributed by atoms with E-state index in [0.29, 0.717) is 24.9 Å². The first kappa shape index (κ1) is 21.0. The molecule has 1 amide bonds. The first-order chi connectivity index (χ1) is 13.8. The molecule has 1 heterocycles. The van der Waals surface area contributed by atoms with Crippen LogP contribution >= 0.6 is 0 Å². The zero-order valence-electron chi connectivity index (χ0n) is 16.7. The summed E-state index contributed by atoms with van der Waals surface area (Å²) in [4.78, 5) is 16.9. The van der Waals surface area contributed by atoms with Crippen molar-refractivity contribution in [1.29, 1.82) is 0 Å². The number of aromatic nitrogens is 2. The van der Waals surface area contributed by atoms with Gasteiger partial charge >= 0.3 is 0 Å². The fourth-order valence-electron chi connectivity index (χ4n) is 3.22. The van der Waals surface area contributed by atoms with Gasteiger partial charge in [-0.2, -0.15) is 0 Å². The average Bonchev–Trinajstić information content (AvgIpc) is 3.02. The van der Waals surface area contributed by atoms with Crippen molar-refractivity contribution in [2.24, 2.45) is 5.14 Å². The lowest BCUT2D eigenvalue weighted by Crippen LogP contribution is -2.23. The molecule has 0 bridgehead atoms. The number of carbonyl (C=O) groups is 1. The van der Waals surface area contributed by atoms with Gasteiger partial charge in [-0.25, -0.2) is 18.5 Å². The van der Waals surface area contributed by atoms with Crippen LogP contribution in [0.5, 0.6) is 0 Å². The normalized spacial score (nSPS) is 11.7. The van der Waals surface area contributed by atoms with Crippen LogP contribution in [-0.4, -0.2) is 23.9 Å². The second-order valence-corrected chi connectivity index (χ2v) is 8.70. The molecule has 29 heavy (non-hydrogen) atoms. The van der Waals surface area contributed by atoms with E-state index in [1.807, 2.05) is 35.8 Å². The highest BCUT2D eigenvalue weighted by atomic mass is 32.2.